The molecule has 1 aromatic carbocycles. The molecule has 7 heteroatoms. The fraction of sp³-hybridized carbons (Fsp3) is 0.429. The van der Waals surface area contributed by atoms with Crippen LogP contribution in [0.2, 0.25) is 0 Å². The molecule has 3 rings (SSSR count). The van der Waals surface area contributed by atoms with Crippen molar-refractivity contribution in [3.05, 3.63) is 54.0 Å². The fourth-order valence-electron chi connectivity index (χ4n) is 3.12. The molecule has 28 heavy (non-hydrogen) atoms. The van der Waals surface area contributed by atoms with Crippen LogP contribution in [0.15, 0.2) is 52.1 Å². The Kier molecular flexibility index (Phi) is 6.94. The number of rotatable bonds is 6. The molecule has 0 unspecified atom stereocenters. The van der Waals surface area contributed by atoms with Crippen molar-refractivity contribution in [1.82, 2.24) is 15.1 Å². The molecule has 1 N–H and O–H groups in total. The fourth-order valence-corrected chi connectivity index (χ4v) is 3.12. The second-order valence-corrected chi connectivity index (χ2v) is 6.66. The maximum absolute atomic E-state index is 12.4. The number of carbonyl (C=O) groups is 1. The molecule has 0 radical (unpaired) electrons. The van der Waals surface area contributed by atoms with Gasteiger partial charge in [-0.1, -0.05) is 12.1 Å². The summed E-state index contributed by atoms with van der Waals surface area (Å²) in [5.41, 5.74) is 1.18. The van der Waals surface area contributed by atoms with E-state index in [4.69, 9.17) is 9.15 Å². The predicted molar refractivity (Wildman–Crippen MR) is 109 cm³/mol. The van der Waals surface area contributed by atoms with Crippen molar-refractivity contribution in [2.45, 2.75) is 13.8 Å². The van der Waals surface area contributed by atoms with Crippen molar-refractivity contribution in [3.8, 4) is 5.75 Å². The molecular weight excluding hydrogens is 356 g/mol. The van der Waals surface area contributed by atoms with E-state index in [1.165, 1.54) is 11.8 Å². The van der Waals surface area contributed by atoms with Crippen LogP contribution < -0.4 is 10.1 Å². The molecule has 1 fully saturated rings. The Balaban J connectivity index is 1.49. The van der Waals surface area contributed by atoms with Crippen LogP contribution in [0, 0.1) is 6.92 Å². The summed E-state index contributed by atoms with van der Waals surface area (Å²) >= 11 is 0. The molecule has 0 aliphatic carbocycles. The van der Waals surface area contributed by atoms with Gasteiger partial charge < -0.3 is 24.3 Å². The van der Waals surface area contributed by atoms with E-state index < -0.39 is 0 Å². The number of carbonyl (C=O) groups excluding carboxylic acids is 1. The molecule has 0 spiro atoms. The van der Waals surface area contributed by atoms with Crippen LogP contribution in [0.3, 0.4) is 0 Å². The molecule has 1 aliphatic rings. The summed E-state index contributed by atoms with van der Waals surface area (Å²) in [6.07, 6.45) is 1.53. The van der Waals surface area contributed by atoms with Crippen LogP contribution in [0.25, 0.3) is 0 Å². The summed E-state index contributed by atoms with van der Waals surface area (Å²) in [7, 11) is 0. The van der Waals surface area contributed by atoms with Crippen molar-refractivity contribution in [2.75, 3.05) is 45.9 Å². The van der Waals surface area contributed by atoms with Crippen molar-refractivity contribution in [2.24, 2.45) is 4.99 Å². The number of guanidine groups is 1. The third-order valence-electron chi connectivity index (χ3n) is 4.54. The molecule has 1 saturated heterocycles. The van der Waals surface area contributed by atoms with Crippen LogP contribution >= 0.6 is 0 Å². The Morgan fingerprint density at radius 2 is 1.96 bits per heavy atom. The van der Waals surface area contributed by atoms with Crippen molar-refractivity contribution in [1.29, 1.82) is 0 Å². The number of hydrogen-bond acceptors (Lipinski definition) is 4. The second-order valence-electron chi connectivity index (χ2n) is 6.66. The van der Waals surface area contributed by atoms with E-state index in [1.807, 2.05) is 36.1 Å². The van der Waals surface area contributed by atoms with E-state index >= 15 is 0 Å². The number of benzene rings is 1. The van der Waals surface area contributed by atoms with Crippen molar-refractivity contribution < 1.29 is 13.9 Å². The second kappa shape index (κ2) is 9.82. The Morgan fingerprint density at radius 3 is 2.64 bits per heavy atom. The number of piperazine rings is 1. The quantitative estimate of drug-likeness (QED) is 0.470. The molecule has 1 aliphatic heterocycles. The summed E-state index contributed by atoms with van der Waals surface area (Å²) in [5.74, 6) is 2.06. The zero-order chi connectivity index (χ0) is 19.8. The van der Waals surface area contributed by atoms with Crippen molar-refractivity contribution >= 4 is 11.9 Å². The number of nitrogens with one attached hydrogen (secondary N) is 1. The Morgan fingerprint density at radius 1 is 1.18 bits per heavy atom. The number of hydrogen-bond donors (Lipinski definition) is 1. The van der Waals surface area contributed by atoms with Gasteiger partial charge in [0.25, 0.3) is 5.91 Å². The Bertz CT molecular complexity index is 781. The lowest BCUT2D eigenvalue weighted by Gasteiger charge is -2.36. The predicted octanol–water partition coefficient (Wildman–Crippen LogP) is 2.39. The van der Waals surface area contributed by atoms with Gasteiger partial charge in [-0.05, 0) is 43.7 Å². The highest BCUT2D eigenvalue weighted by Gasteiger charge is 2.25. The van der Waals surface area contributed by atoms with E-state index in [0.29, 0.717) is 32.0 Å². The first-order chi connectivity index (χ1) is 13.7. The van der Waals surface area contributed by atoms with Crippen LogP contribution in [0.4, 0.5) is 0 Å². The molecule has 0 atom stereocenters. The van der Waals surface area contributed by atoms with Crippen LogP contribution in [-0.2, 0) is 0 Å². The molecule has 2 heterocycles. The zero-order valence-corrected chi connectivity index (χ0v) is 16.6. The van der Waals surface area contributed by atoms with E-state index in [0.717, 1.165) is 31.3 Å². The molecule has 0 saturated carbocycles. The van der Waals surface area contributed by atoms with E-state index in [2.05, 4.69) is 22.1 Å². The zero-order valence-electron chi connectivity index (χ0n) is 16.6. The van der Waals surface area contributed by atoms with Gasteiger partial charge in [0, 0.05) is 32.7 Å². The van der Waals surface area contributed by atoms with E-state index in [1.54, 1.807) is 12.1 Å². The third-order valence-corrected chi connectivity index (χ3v) is 4.54. The standard InChI is InChI=1S/C21H28N4O3/c1-3-22-21(23-9-15-27-18-7-4-6-17(2)16-18)25-12-10-24(11-13-25)20(26)19-8-5-14-28-19/h4-8,14,16H,3,9-13,15H2,1-2H3,(H,22,23). The minimum absolute atomic E-state index is 0.0573. The topological polar surface area (TPSA) is 70.3 Å². The molecule has 2 aromatic rings. The summed E-state index contributed by atoms with van der Waals surface area (Å²) in [6.45, 7) is 8.74. The normalized spacial score (nSPS) is 14.9. The van der Waals surface area contributed by atoms with Gasteiger partial charge in [-0.15, -0.1) is 0 Å². The maximum atomic E-state index is 12.4. The van der Waals surface area contributed by atoms with Gasteiger partial charge in [0.15, 0.2) is 11.7 Å². The first-order valence-electron chi connectivity index (χ1n) is 9.73. The Labute approximate surface area is 166 Å². The summed E-state index contributed by atoms with van der Waals surface area (Å²) < 4.78 is 11.0. The highest BCUT2D eigenvalue weighted by atomic mass is 16.5. The lowest BCUT2D eigenvalue weighted by molar-refractivity contribution is 0.0657. The number of amides is 1. The van der Waals surface area contributed by atoms with Crippen LogP contribution in [0.5, 0.6) is 5.75 Å². The van der Waals surface area contributed by atoms with Crippen LogP contribution in [0.1, 0.15) is 23.0 Å². The van der Waals surface area contributed by atoms with E-state index in [-0.39, 0.29) is 5.91 Å². The highest BCUT2D eigenvalue weighted by molar-refractivity contribution is 5.91. The van der Waals surface area contributed by atoms with Gasteiger partial charge in [0.2, 0.25) is 0 Å². The summed E-state index contributed by atoms with van der Waals surface area (Å²) in [5, 5.41) is 3.33. The maximum Gasteiger partial charge on any atom is 0.289 e. The summed E-state index contributed by atoms with van der Waals surface area (Å²) in [6, 6.07) is 11.4. The molecule has 1 aromatic heterocycles. The molecular formula is C21H28N4O3. The minimum Gasteiger partial charge on any atom is -0.492 e. The van der Waals surface area contributed by atoms with Gasteiger partial charge >= 0.3 is 0 Å². The SMILES string of the molecule is CCNC(=NCCOc1cccc(C)c1)N1CCN(C(=O)c2ccco2)CC1. The minimum atomic E-state index is -0.0573. The molecule has 150 valence electrons. The first-order valence-corrected chi connectivity index (χ1v) is 9.73. The van der Waals surface area contributed by atoms with Crippen molar-refractivity contribution in [3.63, 3.8) is 0 Å². The first kappa shape index (κ1) is 19.8. The smallest absolute Gasteiger partial charge is 0.289 e. The van der Waals surface area contributed by atoms with E-state index in [9.17, 15) is 4.79 Å². The number of aryl methyl sites for hydroxylation is 1. The monoisotopic (exact) mass is 384 g/mol. The van der Waals surface area contributed by atoms with Gasteiger partial charge in [-0.3, -0.25) is 4.79 Å². The van der Waals surface area contributed by atoms with Gasteiger partial charge in [-0.25, -0.2) is 4.99 Å². The number of nitrogens with zero attached hydrogens (tertiary/aromatic N) is 3. The number of aliphatic imine (C=N–C) groups is 1. The van der Waals surface area contributed by atoms with Gasteiger partial charge in [0.1, 0.15) is 12.4 Å². The largest absolute Gasteiger partial charge is 0.492 e. The van der Waals surface area contributed by atoms with Crippen LogP contribution in [-0.4, -0.2) is 67.5 Å². The average Bonchev–Trinajstić information content (AvgIpc) is 3.25. The molecule has 0 bridgehead atoms. The number of ether oxygens (including phenoxy) is 1. The Hall–Kier alpha value is -2.96. The lowest BCUT2D eigenvalue weighted by Crippen LogP contribution is -2.53. The van der Waals surface area contributed by atoms with Gasteiger partial charge in [-0.2, -0.15) is 0 Å². The number of furan rings is 1. The average molecular weight is 384 g/mol. The highest BCUT2D eigenvalue weighted by Crippen LogP contribution is 2.12. The molecule has 1 amide bonds. The lowest BCUT2D eigenvalue weighted by atomic mass is 10.2. The molecule has 7 nitrogen and oxygen atoms in total. The van der Waals surface area contributed by atoms with Gasteiger partial charge in [0.05, 0.1) is 12.8 Å². The summed E-state index contributed by atoms with van der Waals surface area (Å²) in [4.78, 5) is 21.1. The third kappa shape index (κ3) is 5.28.